The van der Waals surface area contributed by atoms with Gasteiger partial charge >= 0.3 is 0 Å². The molecule has 2 rings (SSSR count). The van der Waals surface area contributed by atoms with Gasteiger partial charge in [-0.05, 0) is 42.6 Å². The van der Waals surface area contributed by atoms with E-state index < -0.39 is 0 Å². The molecule has 0 aromatic heterocycles. The van der Waals surface area contributed by atoms with Gasteiger partial charge in [-0.1, -0.05) is 25.2 Å². The standard InChI is InChI=1S/C18H25NO2/c1-3-15-9-10-19(13-15)14-17-12-18(21-2)8-7-16(17)6-4-5-11-20/h7-8,12,15,20H,3,5,9-11,13-14H2,1-2H3. The summed E-state index contributed by atoms with van der Waals surface area (Å²) in [6, 6.07) is 6.05. The van der Waals surface area contributed by atoms with Gasteiger partial charge in [0.1, 0.15) is 5.75 Å². The molecule has 1 fully saturated rings. The second-order valence-electron chi connectivity index (χ2n) is 5.60. The maximum Gasteiger partial charge on any atom is 0.119 e. The molecule has 0 saturated carbocycles. The topological polar surface area (TPSA) is 32.7 Å². The molecule has 1 aliphatic heterocycles. The molecule has 1 aliphatic rings. The zero-order chi connectivity index (χ0) is 15.1. The van der Waals surface area contributed by atoms with Crippen LogP contribution in [-0.2, 0) is 6.54 Å². The third-order valence-electron chi connectivity index (χ3n) is 4.11. The van der Waals surface area contributed by atoms with Gasteiger partial charge in [-0.3, -0.25) is 4.90 Å². The third kappa shape index (κ3) is 4.49. The van der Waals surface area contributed by atoms with Crippen LogP contribution in [0, 0.1) is 17.8 Å². The Balaban J connectivity index is 2.13. The molecule has 1 N–H and O–H groups in total. The van der Waals surface area contributed by atoms with E-state index in [1.54, 1.807) is 7.11 Å². The predicted octanol–water partition coefficient (Wildman–Crippen LogP) is 2.66. The lowest BCUT2D eigenvalue weighted by atomic mass is 10.1. The van der Waals surface area contributed by atoms with Gasteiger partial charge in [0.15, 0.2) is 0 Å². The minimum atomic E-state index is 0.114. The lowest BCUT2D eigenvalue weighted by Crippen LogP contribution is -2.20. The molecule has 3 heteroatoms. The first kappa shape index (κ1) is 15.9. The van der Waals surface area contributed by atoms with Gasteiger partial charge in [-0.15, -0.1) is 0 Å². The van der Waals surface area contributed by atoms with Crippen LogP contribution in [-0.4, -0.2) is 36.8 Å². The van der Waals surface area contributed by atoms with E-state index in [1.165, 1.54) is 31.5 Å². The third-order valence-corrected chi connectivity index (χ3v) is 4.11. The predicted molar refractivity (Wildman–Crippen MR) is 85.2 cm³/mol. The number of aliphatic hydroxyl groups is 1. The Kier molecular flexibility index (Phi) is 6.10. The van der Waals surface area contributed by atoms with Gasteiger partial charge in [0, 0.05) is 25.1 Å². The van der Waals surface area contributed by atoms with Crippen molar-refractivity contribution >= 4 is 0 Å². The minimum absolute atomic E-state index is 0.114. The van der Waals surface area contributed by atoms with E-state index in [-0.39, 0.29) is 6.61 Å². The molecule has 1 heterocycles. The summed E-state index contributed by atoms with van der Waals surface area (Å²) in [6.45, 7) is 5.65. The number of nitrogens with zero attached hydrogens (tertiary/aromatic N) is 1. The average molecular weight is 287 g/mol. The zero-order valence-corrected chi connectivity index (χ0v) is 13.1. The summed E-state index contributed by atoms with van der Waals surface area (Å²) in [5.74, 6) is 7.90. The molecule has 114 valence electrons. The van der Waals surface area contributed by atoms with Crippen molar-refractivity contribution in [1.29, 1.82) is 0 Å². The van der Waals surface area contributed by atoms with Gasteiger partial charge in [-0.25, -0.2) is 0 Å². The highest BCUT2D eigenvalue weighted by Crippen LogP contribution is 2.24. The maximum atomic E-state index is 8.85. The summed E-state index contributed by atoms with van der Waals surface area (Å²) in [7, 11) is 1.69. The summed E-state index contributed by atoms with van der Waals surface area (Å²) in [5, 5.41) is 8.85. The Bertz CT molecular complexity index is 516. The summed E-state index contributed by atoms with van der Waals surface area (Å²) < 4.78 is 5.34. The molecule has 21 heavy (non-hydrogen) atoms. The van der Waals surface area contributed by atoms with Crippen LogP contribution < -0.4 is 4.74 Å². The molecule has 0 bridgehead atoms. The fourth-order valence-corrected chi connectivity index (χ4v) is 2.79. The van der Waals surface area contributed by atoms with Crippen LogP contribution in [0.1, 0.15) is 37.3 Å². The minimum Gasteiger partial charge on any atom is -0.497 e. The van der Waals surface area contributed by atoms with Crippen molar-refractivity contribution < 1.29 is 9.84 Å². The Morgan fingerprint density at radius 1 is 1.43 bits per heavy atom. The number of methoxy groups -OCH3 is 1. The fourth-order valence-electron chi connectivity index (χ4n) is 2.79. The zero-order valence-electron chi connectivity index (χ0n) is 13.1. The normalized spacial score (nSPS) is 18.3. The maximum absolute atomic E-state index is 8.85. The van der Waals surface area contributed by atoms with Crippen LogP contribution in [0.15, 0.2) is 18.2 Å². The van der Waals surface area contributed by atoms with E-state index in [4.69, 9.17) is 9.84 Å². The fraction of sp³-hybridized carbons (Fsp3) is 0.556. The van der Waals surface area contributed by atoms with Crippen LogP contribution in [0.25, 0.3) is 0 Å². The Labute approximate surface area is 127 Å². The van der Waals surface area contributed by atoms with Crippen molar-refractivity contribution in [3.05, 3.63) is 29.3 Å². The quantitative estimate of drug-likeness (QED) is 0.845. The van der Waals surface area contributed by atoms with E-state index in [1.807, 2.05) is 12.1 Å². The first-order valence-electron chi connectivity index (χ1n) is 7.75. The van der Waals surface area contributed by atoms with Crippen molar-refractivity contribution in [3.63, 3.8) is 0 Å². The molecular weight excluding hydrogens is 262 g/mol. The molecule has 1 atom stereocenters. The highest BCUT2D eigenvalue weighted by atomic mass is 16.5. The Hall–Kier alpha value is -1.50. The summed E-state index contributed by atoms with van der Waals surface area (Å²) in [5.41, 5.74) is 2.26. The van der Waals surface area contributed by atoms with E-state index in [0.717, 1.165) is 23.8 Å². The van der Waals surface area contributed by atoms with Crippen LogP contribution in [0.4, 0.5) is 0 Å². The van der Waals surface area contributed by atoms with Gasteiger partial charge in [-0.2, -0.15) is 0 Å². The summed E-state index contributed by atoms with van der Waals surface area (Å²) >= 11 is 0. The number of rotatable bonds is 5. The molecule has 1 unspecified atom stereocenters. The molecular formula is C18H25NO2. The smallest absolute Gasteiger partial charge is 0.119 e. The Morgan fingerprint density at radius 3 is 2.95 bits per heavy atom. The van der Waals surface area contributed by atoms with Crippen molar-refractivity contribution in [2.45, 2.75) is 32.7 Å². The van der Waals surface area contributed by atoms with Crippen LogP contribution >= 0.6 is 0 Å². The molecule has 1 saturated heterocycles. The van der Waals surface area contributed by atoms with E-state index in [0.29, 0.717) is 6.42 Å². The number of ether oxygens (including phenoxy) is 1. The van der Waals surface area contributed by atoms with E-state index >= 15 is 0 Å². The van der Waals surface area contributed by atoms with E-state index in [9.17, 15) is 0 Å². The highest BCUT2D eigenvalue weighted by molar-refractivity contribution is 5.45. The summed E-state index contributed by atoms with van der Waals surface area (Å²) in [6.07, 6.45) is 3.08. The van der Waals surface area contributed by atoms with Crippen LogP contribution in [0.2, 0.25) is 0 Å². The van der Waals surface area contributed by atoms with Gasteiger partial charge < -0.3 is 9.84 Å². The second-order valence-corrected chi connectivity index (χ2v) is 5.60. The van der Waals surface area contributed by atoms with E-state index in [2.05, 4.69) is 29.7 Å². The van der Waals surface area contributed by atoms with Crippen molar-refractivity contribution in [1.82, 2.24) is 4.90 Å². The first-order chi connectivity index (χ1) is 10.3. The SMILES string of the molecule is CCC1CCN(Cc2cc(OC)ccc2C#CCCO)C1. The lowest BCUT2D eigenvalue weighted by molar-refractivity contribution is 0.305. The molecule has 0 radical (unpaired) electrons. The number of benzene rings is 1. The van der Waals surface area contributed by atoms with Gasteiger partial charge in [0.2, 0.25) is 0 Å². The molecule has 0 aliphatic carbocycles. The van der Waals surface area contributed by atoms with Crippen molar-refractivity contribution in [2.75, 3.05) is 26.8 Å². The number of likely N-dealkylation sites (tertiary alicyclic amines) is 1. The summed E-state index contributed by atoms with van der Waals surface area (Å²) in [4.78, 5) is 2.50. The monoisotopic (exact) mass is 287 g/mol. The number of hydrogen-bond donors (Lipinski definition) is 1. The lowest BCUT2D eigenvalue weighted by Gasteiger charge is -2.17. The molecule has 1 aromatic carbocycles. The first-order valence-corrected chi connectivity index (χ1v) is 7.75. The van der Waals surface area contributed by atoms with Crippen LogP contribution in [0.5, 0.6) is 5.75 Å². The highest BCUT2D eigenvalue weighted by Gasteiger charge is 2.21. The van der Waals surface area contributed by atoms with Gasteiger partial charge in [0.25, 0.3) is 0 Å². The molecule has 3 nitrogen and oxygen atoms in total. The second kappa shape index (κ2) is 8.07. The molecule has 0 spiro atoms. The molecule has 1 aromatic rings. The van der Waals surface area contributed by atoms with Crippen molar-refractivity contribution in [2.24, 2.45) is 5.92 Å². The number of hydrogen-bond acceptors (Lipinski definition) is 3. The number of aliphatic hydroxyl groups excluding tert-OH is 1. The van der Waals surface area contributed by atoms with Crippen molar-refractivity contribution in [3.8, 4) is 17.6 Å². The van der Waals surface area contributed by atoms with Crippen LogP contribution in [0.3, 0.4) is 0 Å². The van der Waals surface area contributed by atoms with Gasteiger partial charge in [0.05, 0.1) is 13.7 Å². The molecule has 0 amide bonds. The Morgan fingerprint density at radius 2 is 2.29 bits per heavy atom. The largest absolute Gasteiger partial charge is 0.497 e. The average Bonchev–Trinajstić information content (AvgIpc) is 2.96.